The lowest BCUT2D eigenvalue weighted by atomic mass is 9.75. The fourth-order valence-corrected chi connectivity index (χ4v) is 3.27. The van der Waals surface area contributed by atoms with Gasteiger partial charge in [-0.1, -0.05) is 0 Å². The molecule has 0 spiro atoms. The maximum Gasteiger partial charge on any atom is 0.303 e. The summed E-state index contributed by atoms with van der Waals surface area (Å²) in [6.07, 6.45) is -2.35. The molecule has 0 aromatic heterocycles. The second kappa shape index (κ2) is 6.04. The van der Waals surface area contributed by atoms with Gasteiger partial charge in [0.1, 0.15) is 18.3 Å². The maximum absolute atomic E-state index is 12.3. The van der Waals surface area contributed by atoms with Crippen LogP contribution in [-0.4, -0.2) is 61.1 Å². The fraction of sp³-hybridized carbons (Fsp3) is 0.714. The van der Waals surface area contributed by atoms with E-state index in [0.29, 0.717) is 0 Å². The van der Waals surface area contributed by atoms with Gasteiger partial charge >= 0.3 is 11.9 Å². The summed E-state index contributed by atoms with van der Waals surface area (Å²) in [4.78, 5) is 48.1. The molecular formula is C14H19NO7. The van der Waals surface area contributed by atoms with Crippen LogP contribution < -0.4 is 0 Å². The molecule has 2 fully saturated rings. The summed E-state index contributed by atoms with van der Waals surface area (Å²) in [6.45, 7) is 2.45. The van der Waals surface area contributed by atoms with Crippen LogP contribution in [0.5, 0.6) is 0 Å². The average molecular weight is 313 g/mol. The molecule has 0 bridgehead atoms. The lowest BCUT2D eigenvalue weighted by Gasteiger charge is -2.40. The summed E-state index contributed by atoms with van der Waals surface area (Å²) in [7, 11) is 2.76. The van der Waals surface area contributed by atoms with Crippen LogP contribution in [0.3, 0.4) is 0 Å². The van der Waals surface area contributed by atoms with Gasteiger partial charge in [-0.3, -0.25) is 24.1 Å². The summed E-state index contributed by atoms with van der Waals surface area (Å²) in [6, 6.07) is 0. The molecular weight excluding hydrogens is 294 g/mol. The van der Waals surface area contributed by atoms with Crippen molar-refractivity contribution >= 4 is 23.8 Å². The number of rotatable bonds is 3. The van der Waals surface area contributed by atoms with E-state index in [1.807, 2.05) is 0 Å². The number of methoxy groups -OCH3 is 1. The lowest BCUT2D eigenvalue weighted by Crippen LogP contribution is -2.55. The summed E-state index contributed by atoms with van der Waals surface area (Å²) in [5.74, 6) is -3.39. The average Bonchev–Trinajstić information content (AvgIpc) is 2.63. The topological polar surface area (TPSA) is 99.2 Å². The zero-order valence-electron chi connectivity index (χ0n) is 12.9. The van der Waals surface area contributed by atoms with E-state index in [9.17, 15) is 19.2 Å². The van der Waals surface area contributed by atoms with E-state index in [1.165, 1.54) is 28.0 Å². The van der Waals surface area contributed by atoms with E-state index >= 15 is 0 Å². The second-order valence-corrected chi connectivity index (χ2v) is 5.53. The van der Waals surface area contributed by atoms with E-state index in [-0.39, 0.29) is 12.3 Å². The van der Waals surface area contributed by atoms with Crippen molar-refractivity contribution in [2.45, 2.75) is 38.6 Å². The van der Waals surface area contributed by atoms with Gasteiger partial charge in [-0.05, 0) is 6.42 Å². The number of likely N-dealkylation sites (tertiary alicyclic amines) is 1. The number of esters is 2. The predicted molar refractivity (Wildman–Crippen MR) is 71.3 cm³/mol. The highest BCUT2D eigenvalue weighted by Gasteiger charge is 2.59. The zero-order chi connectivity index (χ0) is 16.6. The molecule has 2 amide bonds. The minimum Gasteiger partial charge on any atom is -0.460 e. The van der Waals surface area contributed by atoms with Gasteiger partial charge < -0.3 is 14.2 Å². The number of ether oxygens (including phenoxy) is 3. The third kappa shape index (κ3) is 2.70. The monoisotopic (exact) mass is 313 g/mol. The van der Waals surface area contributed by atoms with Crippen molar-refractivity contribution in [3.8, 4) is 0 Å². The number of hydrogen-bond donors (Lipinski definition) is 0. The van der Waals surface area contributed by atoms with Crippen molar-refractivity contribution in [1.29, 1.82) is 0 Å². The first kappa shape index (κ1) is 16.4. The molecule has 1 aliphatic carbocycles. The molecule has 0 aromatic carbocycles. The molecule has 1 aliphatic heterocycles. The minimum absolute atomic E-state index is 0.162. The number of hydrogen-bond acceptors (Lipinski definition) is 7. The Morgan fingerprint density at radius 2 is 1.64 bits per heavy atom. The SMILES string of the molecule is COC1C(OC(C)=O)CC2C(=O)N(C)C(=O)C2C1OC(C)=O. The maximum atomic E-state index is 12.3. The van der Waals surface area contributed by atoms with Crippen LogP contribution in [0.1, 0.15) is 20.3 Å². The highest BCUT2D eigenvalue weighted by molar-refractivity contribution is 6.05. The Hall–Kier alpha value is -1.96. The molecule has 0 aromatic rings. The van der Waals surface area contributed by atoms with Gasteiger partial charge in [0, 0.05) is 28.0 Å². The van der Waals surface area contributed by atoms with Crippen LogP contribution in [0.25, 0.3) is 0 Å². The largest absolute Gasteiger partial charge is 0.460 e. The first-order chi connectivity index (χ1) is 10.3. The van der Waals surface area contributed by atoms with Crippen molar-refractivity contribution in [2.75, 3.05) is 14.2 Å². The van der Waals surface area contributed by atoms with Crippen molar-refractivity contribution in [3.05, 3.63) is 0 Å². The van der Waals surface area contributed by atoms with Crippen molar-refractivity contribution < 1.29 is 33.4 Å². The summed E-state index contributed by atoms with van der Waals surface area (Å²) < 4.78 is 15.7. The molecule has 2 rings (SSSR count). The summed E-state index contributed by atoms with van der Waals surface area (Å²) in [5, 5.41) is 0. The molecule has 1 saturated heterocycles. The normalized spacial score (nSPS) is 34.4. The molecule has 1 heterocycles. The van der Waals surface area contributed by atoms with E-state index in [1.54, 1.807) is 0 Å². The predicted octanol–water partition coefficient (Wildman–Crippen LogP) is -0.500. The molecule has 0 radical (unpaired) electrons. The number of carbonyl (C=O) groups is 4. The zero-order valence-corrected chi connectivity index (χ0v) is 12.9. The van der Waals surface area contributed by atoms with E-state index in [4.69, 9.17) is 14.2 Å². The first-order valence-corrected chi connectivity index (χ1v) is 6.96. The highest BCUT2D eigenvalue weighted by Crippen LogP contribution is 2.41. The lowest BCUT2D eigenvalue weighted by molar-refractivity contribution is -0.192. The third-order valence-corrected chi connectivity index (χ3v) is 4.12. The van der Waals surface area contributed by atoms with Crippen LogP contribution in [0.2, 0.25) is 0 Å². The van der Waals surface area contributed by atoms with Gasteiger partial charge in [-0.2, -0.15) is 0 Å². The molecule has 5 atom stereocenters. The van der Waals surface area contributed by atoms with Crippen molar-refractivity contribution in [2.24, 2.45) is 11.8 Å². The fourth-order valence-electron chi connectivity index (χ4n) is 3.27. The Bertz CT molecular complexity index is 517. The summed E-state index contributed by atoms with van der Waals surface area (Å²) in [5.41, 5.74) is 0. The van der Waals surface area contributed by atoms with Gasteiger partial charge in [0.05, 0.1) is 11.8 Å². The third-order valence-electron chi connectivity index (χ3n) is 4.12. The molecule has 0 N–H and O–H groups in total. The van der Waals surface area contributed by atoms with Crippen LogP contribution >= 0.6 is 0 Å². The molecule has 8 heteroatoms. The number of amides is 2. The standard InChI is InChI=1S/C14H19NO7/c1-6(16)21-9-5-8-10(14(19)15(3)13(8)18)12(11(9)20-4)22-7(2)17/h8-12H,5H2,1-4H3. The second-order valence-electron chi connectivity index (χ2n) is 5.53. The van der Waals surface area contributed by atoms with Gasteiger partial charge in [-0.15, -0.1) is 0 Å². The van der Waals surface area contributed by atoms with Crippen LogP contribution in [-0.2, 0) is 33.4 Å². The number of fused-ring (bicyclic) bond motifs is 1. The Labute approximate surface area is 127 Å². The molecule has 122 valence electrons. The Morgan fingerprint density at radius 1 is 1.05 bits per heavy atom. The first-order valence-electron chi connectivity index (χ1n) is 6.96. The van der Waals surface area contributed by atoms with E-state index in [0.717, 1.165) is 4.90 Å². The van der Waals surface area contributed by atoms with Gasteiger partial charge in [0.15, 0.2) is 0 Å². The smallest absolute Gasteiger partial charge is 0.303 e. The van der Waals surface area contributed by atoms with Gasteiger partial charge in [0.2, 0.25) is 11.8 Å². The van der Waals surface area contributed by atoms with Gasteiger partial charge in [0.25, 0.3) is 0 Å². The Balaban J connectivity index is 2.38. The van der Waals surface area contributed by atoms with E-state index in [2.05, 4.69) is 0 Å². The number of nitrogens with zero attached hydrogens (tertiary/aromatic N) is 1. The Morgan fingerprint density at radius 3 is 2.14 bits per heavy atom. The van der Waals surface area contributed by atoms with Crippen molar-refractivity contribution in [1.82, 2.24) is 4.90 Å². The number of carbonyl (C=O) groups excluding carboxylic acids is 4. The molecule has 2 aliphatic rings. The number of imide groups is 1. The van der Waals surface area contributed by atoms with Crippen LogP contribution in [0.15, 0.2) is 0 Å². The van der Waals surface area contributed by atoms with Crippen molar-refractivity contribution in [3.63, 3.8) is 0 Å². The molecule has 22 heavy (non-hydrogen) atoms. The van der Waals surface area contributed by atoms with E-state index < -0.39 is 48.0 Å². The Kier molecular flexibility index (Phi) is 4.50. The molecule has 1 saturated carbocycles. The molecule has 8 nitrogen and oxygen atoms in total. The quantitative estimate of drug-likeness (QED) is 0.511. The highest BCUT2D eigenvalue weighted by atomic mass is 16.6. The summed E-state index contributed by atoms with van der Waals surface area (Å²) >= 11 is 0. The van der Waals surface area contributed by atoms with Gasteiger partial charge in [-0.25, -0.2) is 0 Å². The molecule has 5 unspecified atom stereocenters. The van der Waals surface area contributed by atoms with Crippen LogP contribution in [0, 0.1) is 11.8 Å². The minimum atomic E-state index is -0.966. The van der Waals surface area contributed by atoms with Crippen LogP contribution in [0.4, 0.5) is 0 Å².